The molecule has 2 aromatic carbocycles. The number of carboxylic acids is 1. The lowest BCUT2D eigenvalue weighted by Gasteiger charge is -2.17. The highest BCUT2D eigenvalue weighted by molar-refractivity contribution is 6.09. The molecular weight excluding hydrogens is 484 g/mol. The van der Waals surface area contributed by atoms with Crippen molar-refractivity contribution in [2.45, 2.75) is 39.0 Å². The van der Waals surface area contributed by atoms with Gasteiger partial charge in [0.2, 0.25) is 5.43 Å². The Morgan fingerprint density at radius 1 is 0.946 bits per heavy atom. The van der Waals surface area contributed by atoms with E-state index in [1.807, 2.05) is 0 Å². The van der Waals surface area contributed by atoms with Crippen LogP contribution in [0.15, 0.2) is 51.7 Å². The lowest BCUT2D eigenvalue weighted by atomic mass is 9.89. The Morgan fingerprint density at radius 2 is 1.70 bits per heavy atom. The van der Waals surface area contributed by atoms with Crippen molar-refractivity contribution in [3.63, 3.8) is 0 Å². The Bertz CT molecular complexity index is 1530. The molecule has 0 radical (unpaired) electrons. The summed E-state index contributed by atoms with van der Waals surface area (Å²) in [5.41, 5.74) is -1.01. The van der Waals surface area contributed by atoms with Crippen molar-refractivity contribution >= 4 is 22.8 Å². The molecule has 2 aliphatic rings. The van der Waals surface area contributed by atoms with Gasteiger partial charge in [0.15, 0.2) is 17.4 Å². The minimum Gasteiger partial charge on any atom is -0.505 e. The molecule has 1 heterocycles. The van der Waals surface area contributed by atoms with Gasteiger partial charge in [-0.2, -0.15) is 0 Å². The van der Waals surface area contributed by atoms with E-state index in [1.165, 1.54) is 18.2 Å². The second kappa shape index (κ2) is 10.8. The van der Waals surface area contributed by atoms with Crippen LogP contribution in [0.25, 0.3) is 33.4 Å². The molecule has 0 saturated carbocycles. The topological polar surface area (TPSA) is 117 Å². The Kier molecular flexibility index (Phi) is 7.52. The van der Waals surface area contributed by atoms with E-state index in [0.717, 1.165) is 56.4 Å². The SMILES string of the molecule is CCCCCCCNC(=O)c1ccc(-c2c3cc(F)c(=O)cc-3oc3cc(O)c(F)cc23)c(C(=O)O)c1. The summed E-state index contributed by atoms with van der Waals surface area (Å²) in [5.74, 6) is -4.72. The average molecular weight is 510 g/mol. The minimum absolute atomic E-state index is 0.0291. The van der Waals surface area contributed by atoms with Crippen molar-refractivity contribution in [3.05, 3.63) is 75.4 Å². The molecule has 4 rings (SSSR count). The fourth-order valence-corrected chi connectivity index (χ4v) is 4.30. The lowest BCUT2D eigenvalue weighted by molar-refractivity contribution is 0.0697. The van der Waals surface area contributed by atoms with Crippen LogP contribution >= 0.6 is 0 Å². The Hall–Kier alpha value is -4.27. The molecule has 0 unspecified atom stereocenters. The van der Waals surface area contributed by atoms with Gasteiger partial charge in [-0.1, -0.05) is 38.7 Å². The highest BCUT2D eigenvalue weighted by Crippen LogP contribution is 2.43. The number of amides is 1. The molecule has 0 aromatic heterocycles. The van der Waals surface area contributed by atoms with Crippen LogP contribution in [0, 0.1) is 11.6 Å². The maximum absolute atomic E-state index is 14.3. The van der Waals surface area contributed by atoms with Crippen LogP contribution in [0.4, 0.5) is 8.78 Å². The van der Waals surface area contributed by atoms with Crippen LogP contribution in [-0.4, -0.2) is 28.6 Å². The number of halogens is 2. The van der Waals surface area contributed by atoms with Crippen LogP contribution in [0.5, 0.6) is 5.75 Å². The quantitative estimate of drug-likeness (QED) is 0.190. The van der Waals surface area contributed by atoms with Crippen LogP contribution in [-0.2, 0) is 0 Å². The Balaban J connectivity index is 1.82. The maximum Gasteiger partial charge on any atom is 0.336 e. The normalized spacial score (nSPS) is 11.2. The zero-order valence-corrected chi connectivity index (χ0v) is 20.1. The molecule has 1 aliphatic carbocycles. The van der Waals surface area contributed by atoms with Crippen LogP contribution in [0.3, 0.4) is 0 Å². The summed E-state index contributed by atoms with van der Waals surface area (Å²) in [4.78, 5) is 36.8. The number of carboxylic acid groups (broad SMARTS) is 1. The highest BCUT2D eigenvalue weighted by Gasteiger charge is 2.25. The van der Waals surface area contributed by atoms with Crippen molar-refractivity contribution in [2.75, 3.05) is 6.54 Å². The van der Waals surface area contributed by atoms with Gasteiger partial charge in [-0.25, -0.2) is 13.6 Å². The van der Waals surface area contributed by atoms with Gasteiger partial charge in [-0.3, -0.25) is 9.59 Å². The number of carbonyl (C=O) groups excluding carboxylic acids is 1. The van der Waals surface area contributed by atoms with E-state index in [4.69, 9.17) is 4.42 Å². The van der Waals surface area contributed by atoms with E-state index in [9.17, 15) is 33.4 Å². The van der Waals surface area contributed by atoms with Gasteiger partial charge in [0.25, 0.3) is 5.91 Å². The zero-order chi connectivity index (χ0) is 26.7. The molecule has 2 aromatic rings. The lowest BCUT2D eigenvalue weighted by Crippen LogP contribution is -2.24. The smallest absolute Gasteiger partial charge is 0.336 e. The number of rotatable bonds is 9. The molecular formula is C28H25F2NO6. The summed E-state index contributed by atoms with van der Waals surface area (Å²) in [6.45, 7) is 2.56. The summed E-state index contributed by atoms with van der Waals surface area (Å²) >= 11 is 0. The first-order valence-electron chi connectivity index (χ1n) is 12.0. The van der Waals surface area contributed by atoms with E-state index < -0.39 is 34.7 Å². The molecule has 0 atom stereocenters. The molecule has 1 amide bonds. The summed E-state index contributed by atoms with van der Waals surface area (Å²) in [6, 6.07) is 7.72. The molecule has 192 valence electrons. The number of benzene rings is 3. The zero-order valence-electron chi connectivity index (χ0n) is 20.1. The first kappa shape index (κ1) is 25.8. The number of hydrogen-bond donors (Lipinski definition) is 3. The predicted octanol–water partition coefficient (Wildman–Crippen LogP) is 5.95. The molecule has 1 aliphatic heterocycles. The number of hydrogen-bond acceptors (Lipinski definition) is 5. The third-order valence-electron chi connectivity index (χ3n) is 6.19. The third-order valence-corrected chi connectivity index (χ3v) is 6.19. The second-order valence-electron chi connectivity index (χ2n) is 8.79. The fraction of sp³-hybridized carbons (Fsp3) is 0.250. The number of carbonyl (C=O) groups is 2. The number of aromatic hydroxyl groups is 1. The second-order valence-corrected chi connectivity index (χ2v) is 8.79. The Labute approximate surface area is 210 Å². The van der Waals surface area contributed by atoms with E-state index in [2.05, 4.69) is 12.2 Å². The fourth-order valence-electron chi connectivity index (χ4n) is 4.30. The van der Waals surface area contributed by atoms with Gasteiger partial charge >= 0.3 is 5.97 Å². The van der Waals surface area contributed by atoms with Gasteiger partial charge in [0.05, 0.1) is 5.56 Å². The van der Waals surface area contributed by atoms with E-state index in [1.54, 1.807) is 0 Å². The molecule has 7 nitrogen and oxygen atoms in total. The first-order chi connectivity index (χ1) is 17.7. The monoisotopic (exact) mass is 509 g/mol. The largest absolute Gasteiger partial charge is 0.505 e. The summed E-state index contributed by atoms with van der Waals surface area (Å²) in [7, 11) is 0. The molecule has 0 saturated heterocycles. The van der Waals surface area contributed by atoms with Gasteiger partial charge in [-0.05, 0) is 36.2 Å². The number of phenols is 1. The van der Waals surface area contributed by atoms with Crippen molar-refractivity contribution < 1.29 is 33.0 Å². The van der Waals surface area contributed by atoms with Gasteiger partial charge in [-0.15, -0.1) is 0 Å². The molecule has 0 fully saturated rings. The molecule has 0 bridgehead atoms. The third kappa shape index (κ3) is 5.30. The van der Waals surface area contributed by atoms with Crippen molar-refractivity contribution in [1.82, 2.24) is 5.32 Å². The van der Waals surface area contributed by atoms with Crippen molar-refractivity contribution in [3.8, 4) is 28.2 Å². The number of fused-ring (bicyclic) bond motifs is 2. The summed E-state index contributed by atoms with van der Waals surface area (Å²) < 4.78 is 34.3. The first-order valence-corrected chi connectivity index (χ1v) is 12.0. The number of aromatic carboxylic acids is 1. The van der Waals surface area contributed by atoms with Gasteiger partial charge in [0.1, 0.15) is 11.3 Å². The summed E-state index contributed by atoms with van der Waals surface area (Å²) in [5, 5.41) is 22.6. The van der Waals surface area contributed by atoms with Gasteiger partial charge in [0, 0.05) is 40.8 Å². The van der Waals surface area contributed by atoms with Crippen LogP contribution < -0.4 is 10.7 Å². The van der Waals surface area contributed by atoms with E-state index in [-0.39, 0.29) is 44.5 Å². The van der Waals surface area contributed by atoms with Crippen LogP contribution in [0.1, 0.15) is 59.7 Å². The summed E-state index contributed by atoms with van der Waals surface area (Å²) in [6.07, 6.45) is 5.07. The van der Waals surface area contributed by atoms with Crippen molar-refractivity contribution in [2.24, 2.45) is 0 Å². The predicted molar refractivity (Wildman–Crippen MR) is 134 cm³/mol. The average Bonchev–Trinajstić information content (AvgIpc) is 2.86. The molecule has 0 spiro atoms. The maximum atomic E-state index is 14.3. The number of phenolic OH excluding ortho intramolecular Hbond substituents is 1. The molecule has 37 heavy (non-hydrogen) atoms. The minimum atomic E-state index is -1.37. The molecule has 3 N–H and O–H groups in total. The van der Waals surface area contributed by atoms with Gasteiger partial charge < -0.3 is 19.9 Å². The molecule has 9 heteroatoms. The van der Waals surface area contributed by atoms with Crippen molar-refractivity contribution in [1.29, 1.82) is 0 Å². The number of unbranched alkanes of at least 4 members (excludes halogenated alkanes) is 4. The Morgan fingerprint density at radius 3 is 2.43 bits per heavy atom. The number of nitrogens with one attached hydrogen (secondary N) is 1. The standard InChI is InChI=1S/C28H25F2NO6/c1-2-3-4-5-6-9-31-27(34)15-7-8-16(17(10-15)28(35)36)26-18-11-20(29)22(32)13-24(18)37-25-14-23(33)21(30)12-19(25)26/h7-8,10-14,32H,2-6,9H2,1H3,(H,31,34)(H,35,36). The van der Waals surface area contributed by atoms with Crippen LogP contribution in [0.2, 0.25) is 0 Å². The highest BCUT2D eigenvalue weighted by atomic mass is 19.1. The van der Waals surface area contributed by atoms with E-state index in [0.29, 0.717) is 6.54 Å². The van der Waals surface area contributed by atoms with E-state index >= 15 is 0 Å².